The van der Waals surface area contributed by atoms with Crippen LogP contribution in [0.4, 0.5) is 5.69 Å². The van der Waals surface area contributed by atoms with Crippen LogP contribution in [0.3, 0.4) is 0 Å². The van der Waals surface area contributed by atoms with Gasteiger partial charge in [-0.15, -0.1) is 22.1 Å². The van der Waals surface area contributed by atoms with Crippen molar-refractivity contribution in [2.75, 3.05) is 18.5 Å². The molecule has 0 saturated carbocycles. The van der Waals surface area contributed by atoms with E-state index in [1.165, 1.54) is 16.7 Å². The Hall–Kier alpha value is -6.14. The van der Waals surface area contributed by atoms with Gasteiger partial charge in [0, 0.05) is 12.2 Å². The molecule has 2 aliphatic heterocycles. The summed E-state index contributed by atoms with van der Waals surface area (Å²) < 4.78 is 0. The van der Waals surface area contributed by atoms with Crippen LogP contribution in [0.15, 0.2) is 121 Å². The molecule has 9 rings (SSSR count). The van der Waals surface area contributed by atoms with Gasteiger partial charge >= 0.3 is 19.5 Å². The van der Waals surface area contributed by atoms with Crippen LogP contribution in [-0.2, 0) is 19.5 Å². The molecule has 5 heterocycles. The summed E-state index contributed by atoms with van der Waals surface area (Å²) in [6.07, 6.45) is 8.39. The summed E-state index contributed by atoms with van der Waals surface area (Å²) in [5, 5.41) is 12.7. The number of aliphatic hydroxyl groups is 1. The van der Waals surface area contributed by atoms with Gasteiger partial charge in [0.25, 0.3) is 0 Å². The minimum absolute atomic E-state index is 0. The molecule has 0 radical (unpaired) electrons. The van der Waals surface area contributed by atoms with E-state index in [1.807, 2.05) is 12.1 Å². The zero-order chi connectivity index (χ0) is 37.5. The number of benzene rings is 4. The van der Waals surface area contributed by atoms with Crippen molar-refractivity contribution in [1.82, 2.24) is 19.9 Å². The predicted octanol–water partition coefficient (Wildman–Crippen LogP) is 10.9. The van der Waals surface area contributed by atoms with E-state index in [1.54, 1.807) is 0 Å². The van der Waals surface area contributed by atoms with E-state index in [2.05, 4.69) is 160 Å². The van der Waals surface area contributed by atoms with Gasteiger partial charge < -0.3 is 20.4 Å². The Morgan fingerprint density at radius 2 is 0.714 bits per heavy atom. The Labute approximate surface area is 339 Å². The fraction of sp³-hybridized carbons (Fsp3) is 0.102. The number of nitrogens with zero attached hydrogens (tertiary/aromatic N) is 4. The second-order valence-corrected chi connectivity index (χ2v) is 14.2. The Balaban J connectivity index is 0.00000441. The number of aromatic nitrogens is 4. The monoisotopic (exact) mass is 777 g/mol. The van der Waals surface area contributed by atoms with Crippen molar-refractivity contribution in [2.24, 2.45) is 0 Å². The van der Waals surface area contributed by atoms with Crippen LogP contribution < -0.4 is 15.3 Å². The molecule has 0 saturated heterocycles. The standard InChI is InChI=1S/C49H39N5O.Zn/c1-30-4-10-33(11-5-30)46-38-20-22-40(51-38)47(34-12-6-31(2)7-13-34)42-24-26-44(53-42)49(36-16-18-37(19-17-36)50-28-29-55)45-27-25-43(54-45)48(41-23-21-39(46)52-41)35-14-8-32(3)9-15-35;/h4-27,50,55H,28-29H2,1-3H3;/q-2;+2. The summed E-state index contributed by atoms with van der Waals surface area (Å²) in [6.45, 7) is 6.84. The van der Waals surface area contributed by atoms with E-state index in [0.717, 1.165) is 95.0 Å². The van der Waals surface area contributed by atoms with Gasteiger partial charge in [-0.3, -0.25) is 0 Å². The molecule has 4 aromatic carbocycles. The normalized spacial score (nSPS) is 11.8. The first-order chi connectivity index (χ1) is 26.9. The van der Waals surface area contributed by atoms with Crippen LogP contribution >= 0.6 is 0 Å². The Kier molecular flexibility index (Phi) is 10.2. The van der Waals surface area contributed by atoms with Crippen LogP contribution in [-0.4, -0.2) is 28.2 Å². The first-order valence-electron chi connectivity index (χ1n) is 18.6. The zero-order valence-corrected chi connectivity index (χ0v) is 34.7. The molecule has 0 amide bonds. The molecule has 0 fully saturated rings. The molecule has 7 aromatic rings. The van der Waals surface area contributed by atoms with Gasteiger partial charge in [-0.05, 0) is 102 Å². The molecule has 56 heavy (non-hydrogen) atoms. The van der Waals surface area contributed by atoms with Crippen molar-refractivity contribution in [3.8, 4) is 44.5 Å². The molecule has 0 aliphatic carbocycles. The smallest absolute Gasteiger partial charge is 0.657 e. The summed E-state index contributed by atoms with van der Waals surface area (Å²) in [5.41, 5.74) is 19.1. The van der Waals surface area contributed by atoms with Crippen LogP contribution in [0.25, 0.3) is 90.9 Å². The van der Waals surface area contributed by atoms with Crippen molar-refractivity contribution in [1.29, 1.82) is 0 Å². The number of rotatable bonds is 7. The molecular weight excluding hydrogens is 740 g/mol. The summed E-state index contributed by atoms with van der Waals surface area (Å²) in [5.74, 6) is 0. The minimum atomic E-state index is 0. The summed E-state index contributed by atoms with van der Waals surface area (Å²) >= 11 is 0. The summed E-state index contributed by atoms with van der Waals surface area (Å²) in [7, 11) is 0. The number of anilines is 1. The maximum absolute atomic E-state index is 9.39. The van der Waals surface area contributed by atoms with E-state index < -0.39 is 0 Å². The van der Waals surface area contributed by atoms with Crippen LogP contribution in [0.2, 0.25) is 0 Å². The molecule has 268 valence electrons. The van der Waals surface area contributed by atoms with Gasteiger partial charge in [0.05, 0.1) is 29.4 Å². The first kappa shape index (κ1) is 36.8. The largest absolute Gasteiger partial charge is 2.00 e. The molecule has 7 heteroatoms. The first-order valence-corrected chi connectivity index (χ1v) is 18.6. The Morgan fingerprint density at radius 1 is 0.429 bits per heavy atom. The molecule has 6 nitrogen and oxygen atoms in total. The van der Waals surface area contributed by atoms with Crippen LogP contribution in [0.1, 0.15) is 39.5 Å². The van der Waals surface area contributed by atoms with Crippen LogP contribution in [0, 0.1) is 20.8 Å². The van der Waals surface area contributed by atoms with Crippen molar-refractivity contribution in [3.63, 3.8) is 0 Å². The molecule has 8 bridgehead atoms. The molecule has 2 N–H and O–H groups in total. The third-order valence-electron chi connectivity index (χ3n) is 10.2. The molecule has 0 spiro atoms. The van der Waals surface area contributed by atoms with E-state index >= 15 is 0 Å². The number of aliphatic hydroxyl groups excluding tert-OH is 1. The topological polar surface area (TPSA) is 86.2 Å². The molecule has 0 atom stereocenters. The Morgan fingerprint density at radius 3 is 1.00 bits per heavy atom. The van der Waals surface area contributed by atoms with Gasteiger partial charge in [-0.2, -0.15) is 0 Å². The zero-order valence-electron chi connectivity index (χ0n) is 31.7. The van der Waals surface area contributed by atoms with E-state index in [4.69, 9.17) is 19.9 Å². The maximum atomic E-state index is 9.39. The number of hydrogen-bond acceptors (Lipinski definition) is 4. The van der Waals surface area contributed by atoms with Gasteiger partial charge in [0.2, 0.25) is 0 Å². The summed E-state index contributed by atoms with van der Waals surface area (Å²) in [4.78, 5) is 21.5. The van der Waals surface area contributed by atoms with Crippen LogP contribution in [0.5, 0.6) is 0 Å². The molecule has 3 aromatic heterocycles. The molecular formula is C49H39N5OZn. The number of hydrogen-bond donors (Lipinski definition) is 2. The van der Waals surface area contributed by atoms with Gasteiger partial charge in [-0.1, -0.05) is 126 Å². The van der Waals surface area contributed by atoms with Crippen molar-refractivity contribution >= 4 is 52.1 Å². The number of fused-ring (bicyclic) bond motifs is 8. The number of nitrogens with one attached hydrogen (secondary N) is 1. The fourth-order valence-corrected chi connectivity index (χ4v) is 7.39. The average molecular weight is 779 g/mol. The number of aryl methyl sites for hydroxylation is 3. The van der Waals surface area contributed by atoms with E-state index in [0.29, 0.717) is 6.54 Å². The average Bonchev–Trinajstić information content (AvgIpc) is 4.04. The fourth-order valence-electron chi connectivity index (χ4n) is 7.39. The molecule has 0 unspecified atom stereocenters. The van der Waals surface area contributed by atoms with Gasteiger partial charge in [0.15, 0.2) is 0 Å². The maximum Gasteiger partial charge on any atom is 2.00 e. The van der Waals surface area contributed by atoms with Crippen molar-refractivity contribution < 1.29 is 24.6 Å². The van der Waals surface area contributed by atoms with E-state index in [9.17, 15) is 5.11 Å². The minimum Gasteiger partial charge on any atom is -0.657 e. The second-order valence-electron chi connectivity index (χ2n) is 14.2. The quantitative estimate of drug-likeness (QED) is 0.157. The van der Waals surface area contributed by atoms with Crippen molar-refractivity contribution in [3.05, 3.63) is 161 Å². The van der Waals surface area contributed by atoms with E-state index in [-0.39, 0.29) is 26.1 Å². The SMILES string of the molecule is Cc1ccc(-c2c3nc(c(-c4ccc(C)cc4)c4ccc([n-]4)c(-c4ccc(NCCO)cc4)c4nc(c(-c5ccc(C)cc5)c5ccc2[n-]5)C=C4)C=C3)cc1.[Zn+2]. The van der Waals surface area contributed by atoms with Crippen molar-refractivity contribution in [2.45, 2.75) is 20.8 Å². The third-order valence-corrected chi connectivity index (χ3v) is 10.2. The second kappa shape index (κ2) is 15.5. The van der Waals surface area contributed by atoms with Gasteiger partial charge in [-0.25, -0.2) is 9.97 Å². The Bertz CT molecular complexity index is 2750. The van der Waals surface area contributed by atoms with Gasteiger partial charge in [0.1, 0.15) is 0 Å². The third kappa shape index (κ3) is 7.08. The predicted molar refractivity (Wildman–Crippen MR) is 228 cm³/mol. The summed E-state index contributed by atoms with van der Waals surface area (Å²) in [6, 6.07) is 42.4. The molecule has 2 aliphatic rings.